The summed E-state index contributed by atoms with van der Waals surface area (Å²) in [7, 11) is 0. The van der Waals surface area contributed by atoms with Gasteiger partial charge < -0.3 is 23.7 Å². The summed E-state index contributed by atoms with van der Waals surface area (Å²) in [4.78, 5) is 24.2. The fraction of sp³-hybridized carbons (Fsp3) is 0.818. The smallest absolute Gasteiger partial charge is 0.311 e. The van der Waals surface area contributed by atoms with Crippen LogP contribution in [0.1, 0.15) is 61.8 Å². The SMILES string of the molecule is C=CC(OC(=O)C(C)(C)C)C(OCCCOC(=O)C(C)(C)C)C1COC(C)(C)O1. The molecule has 7 nitrogen and oxygen atoms in total. The predicted molar refractivity (Wildman–Crippen MR) is 109 cm³/mol. The Labute approximate surface area is 175 Å². The second-order valence-corrected chi connectivity index (χ2v) is 9.80. The highest BCUT2D eigenvalue weighted by Gasteiger charge is 2.42. The van der Waals surface area contributed by atoms with Crippen molar-refractivity contribution in [2.75, 3.05) is 19.8 Å². The molecule has 1 saturated heterocycles. The first-order chi connectivity index (χ1) is 13.2. The molecule has 0 aliphatic carbocycles. The second kappa shape index (κ2) is 10.0. The van der Waals surface area contributed by atoms with Crippen molar-refractivity contribution in [1.29, 1.82) is 0 Å². The molecule has 0 bridgehead atoms. The van der Waals surface area contributed by atoms with E-state index in [0.29, 0.717) is 19.6 Å². The first-order valence-corrected chi connectivity index (χ1v) is 10.1. The van der Waals surface area contributed by atoms with Gasteiger partial charge in [0.05, 0.1) is 30.7 Å². The van der Waals surface area contributed by atoms with Crippen LogP contribution in [0, 0.1) is 10.8 Å². The molecule has 0 spiro atoms. The summed E-state index contributed by atoms with van der Waals surface area (Å²) in [5.41, 5.74) is -1.20. The molecular weight excluding hydrogens is 376 g/mol. The lowest BCUT2D eigenvalue weighted by Crippen LogP contribution is -2.44. The van der Waals surface area contributed by atoms with Crippen LogP contribution >= 0.6 is 0 Å². The summed E-state index contributed by atoms with van der Waals surface area (Å²) in [5.74, 6) is -1.35. The van der Waals surface area contributed by atoms with Crippen LogP contribution in [-0.2, 0) is 33.3 Å². The molecular formula is C22H38O7. The molecule has 1 rings (SSSR count). The van der Waals surface area contributed by atoms with Gasteiger partial charge in [-0.1, -0.05) is 6.58 Å². The van der Waals surface area contributed by atoms with E-state index in [-0.39, 0.29) is 18.5 Å². The van der Waals surface area contributed by atoms with Crippen LogP contribution in [-0.4, -0.2) is 55.9 Å². The van der Waals surface area contributed by atoms with Gasteiger partial charge in [0.15, 0.2) is 5.79 Å². The van der Waals surface area contributed by atoms with Gasteiger partial charge >= 0.3 is 11.9 Å². The molecule has 3 unspecified atom stereocenters. The highest BCUT2D eigenvalue weighted by atomic mass is 16.8. The summed E-state index contributed by atoms with van der Waals surface area (Å²) in [6.07, 6.45) is 0.354. The average Bonchev–Trinajstić information content (AvgIpc) is 2.93. The lowest BCUT2D eigenvalue weighted by molar-refractivity contribution is -0.182. The number of hydrogen-bond acceptors (Lipinski definition) is 7. The lowest BCUT2D eigenvalue weighted by atomic mass is 9.97. The molecule has 168 valence electrons. The van der Waals surface area contributed by atoms with E-state index in [1.165, 1.54) is 0 Å². The highest BCUT2D eigenvalue weighted by molar-refractivity contribution is 5.76. The summed E-state index contributed by atoms with van der Waals surface area (Å²) < 4.78 is 28.5. The third-order valence-electron chi connectivity index (χ3n) is 4.25. The lowest BCUT2D eigenvalue weighted by Gasteiger charge is -2.31. The molecule has 1 aliphatic rings. The molecule has 0 aromatic rings. The van der Waals surface area contributed by atoms with Gasteiger partial charge in [-0.05, 0) is 61.5 Å². The molecule has 0 N–H and O–H groups in total. The maximum absolute atomic E-state index is 12.4. The Morgan fingerprint density at radius 2 is 1.69 bits per heavy atom. The third-order valence-corrected chi connectivity index (χ3v) is 4.25. The molecule has 7 heteroatoms. The van der Waals surface area contributed by atoms with E-state index in [2.05, 4.69) is 6.58 Å². The predicted octanol–water partition coefficient (Wildman–Crippen LogP) is 3.65. The first kappa shape index (κ1) is 25.6. The number of rotatable bonds is 9. The van der Waals surface area contributed by atoms with Crippen molar-refractivity contribution in [2.45, 2.75) is 85.9 Å². The van der Waals surface area contributed by atoms with Gasteiger partial charge in [0.2, 0.25) is 0 Å². The average molecular weight is 415 g/mol. The van der Waals surface area contributed by atoms with Gasteiger partial charge in [-0.3, -0.25) is 9.59 Å². The van der Waals surface area contributed by atoms with Crippen LogP contribution in [0.2, 0.25) is 0 Å². The fourth-order valence-electron chi connectivity index (χ4n) is 2.50. The van der Waals surface area contributed by atoms with Gasteiger partial charge in [-0.25, -0.2) is 0 Å². The molecule has 0 aromatic carbocycles. The Bertz CT molecular complexity index is 569. The minimum Gasteiger partial charge on any atom is -0.465 e. The monoisotopic (exact) mass is 414 g/mol. The minimum absolute atomic E-state index is 0.247. The molecule has 29 heavy (non-hydrogen) atoms. The van der Waals surface area contributed by atoms with Crippen LogP contribution in [0.3, 0.4) is 0 Å². The highest BCUT2D eigenvalue weighted by Crippen LogP contribution is 2.29. The molecule has 1 heterocycles. The van der Waals surface area contributed by atoms with E-state index < -0.39 is 34.9 Å². The quantitative estimate of drug-likeness (QED) is 0.324. The van der Waals surface area contributed by atoms with E-state index in [0.717, 1.165) is 0 Å². The molecule has 1 aliphatic heterocycles. The van der Waals surface area contributed by atoms with Crippen molar-refractivity contribution in [1.82, 2.24) is 0 Å². The zero-order valence-electron chi connectivity index (χ0n) is 19.2. The molecule has 0 aromatic heterocycles. The van der Waals surface area contributed by atoms with E-state index in [9.17, 15) is 9.59 Å². The Morgan fingerprint density at radius 3 is 2.14 bits per heavy atom. The summed E-state index contributed by atoms with van der Waals surface area (Å²) in [6, 6.07) is 0. The van der Waals surface area contributed by atoms with Crippen LogP contribution in [0.4, 0.5) is 0 Å². The first-order valence-electron chi connectivity index (χ1n) is 10.1. The zero-order chi connectivity index (χ0) is 22.5. The Balaban J connectivity index is 2.72. The molecule has 1 fully saturated rings. The summed E-state index contributed by atoms with van der Waals surface area (Å²) in [5, 5.41) is 0. The van der Waals surface area contributed by atoms with Gasteiger partial charge in [0, 0.05) is 6.42 Å². The summed E-state index contributed by atoms with van der Waals surface area (Å²) in [6.45, 7) is 19.1. The Hall–Kier alpha value is -1.44. The van der Waals surface area contributed by atoms with E-state index >= 15 is 0 Å². The standard InChI is InChI=1S/C22H38O7/c1-10-15(28-19(24)21(5,6)7)17(16-14-27-22(8,9)29-16)25-12-11-13-26-18(23)20(2,3)4/h10,15-17H,1,11-14H2,2-9H3. The normalized spacial score (nSPS) is 21.3. The fourth-order valence-corrected chi connectivity index (χ4v) is 2.50. The van der Waals surface area contributed by atoms with Crippen LogP contribution in [0.15, 0.2) is 12.7 Å². The van der Waals surface area contributed by atoms with Gasteiger partial charge in [-0.15, -0.1) is 0 Å². The maximum atomic E-state index is 12.4. The maximum Gasteiger partial charge on any atom is 0.311 e. The number of ether oxygens (including phenoxy) is 5. The largest absolute Gasteiger partial charge is 0.465 e. The van der Waals surface area contributed by atoms with Crippen molar-refractivity contribution in [2.24, 2.45) is 10.8 Å². The van der Waals surface area contributed by atoms with Crippen molar-refractivity contribution in [3.05, 3.63) is 12.7 Å². The number of esters is 2. The zero-order valence-corrected chi connectivity index (χ0v) is 19.2. The van der Waals surface area contributed by atoms with Gasteiger partial charge in [-0.2, -0.15) is 0 Å². The second-order valence-electron chi connectivity index (χ2n) is 9.80. The molecule has 3 atom stereocenters. The van der Waals surface area contributed by atoms with Crippen LogP contribution < -0.4 is 0 Å². The number of carbonyl (C=O) groups excluding carboxylic acids is 2. The van der Waals surface area contributed by atoms with E-state index in [4.69, 9.17) is 23.7 Å². The van der Waals surface area contributed by atoms with Gasteiger partial charge in [0.25, 0.3) is 0 Å². The molecule has 0 saturated carbocycles. The van der Waals surface area contributed by atoms with Crippen molar-refractivity contribution >= 4 is 11.9 Å². The minimum atomic E-state index is -0.742. The third kappa shape index (κ3) is 8.44. The van der Waals surface area contributed by atoms with Crippen molar-refractivity contribution in [3.63, 3.8) is 0 Å². The van der Waals surface area contributed by atoms with Crippen LogP contribution in [0.25, 0.3) is 0 Å². The van der Waals surface area contributed by atoms with E-state index in [1.807, 2.05) is 13.8 Å². The van der Waals surface area contributed by atoms with Crippen molar-refractivity contribution < 1.29 is 33.3 Å². The molecule has 0 radical (unpaired) electrons. The number of hydrogen-bond donors (Lipinski definition) is 0. The van der Waals surface area contributed by atoms with Crippen molar-refractivity contribution in [3.8, 4) is 0 Å². The van der Waals surface area contributed by atoms with E-state index in [1.54, 1.807) is 47.6 Å². The molecule has 0 amide bonds. The van der Waals surface area contributed by atoms with Gasteiger partial charge in [0.1, 0.15) is 18.3 Å². The Morgan fingerprint density at radius 1 is 1.10 bits per heavy atom. The Kier molecular flexibility index (Phi) is 8.87. The number of carbonyl (C=O) groups is 2. The van der Waals surface area contributed by atoms with Crippen LogP contribution in [0.5, 0.6) is 0 Å². The topological polar surface area (TPSA) is 80.3 Å². The summed E-state index contributed by atoms with van der Waals surface area (Å²) >= 11 is 0.